The van der Waals surface area contributed by atoms with Gasteiger partial charge < -0.3 is 10.1 Å². The predicted molar refractivity (Wildman–Crippen MR) is 93.8 cm³/mol. The number of esters is 1. The molecule has 134 valence electrons. The van der Waals surface area contributed by atoms with Crippen LogP contribution in [-0.4, -0.2) is 33.9 Å². The first-order valence-electron chi connectivity index (χ1n) is 7.37. The van der Waals surface area contributed by atoms with Crippen molar-refractivity contribution in [2.75, 3.05) is 13.7 Å². The number of hydrogen-bond acceptors (Lipinski definition) is 6. The Morgan fingerprint density at radius 2 is 2.00 bits per heavy atom. The third-order valence-corrected chi connectivity index (χ3v) is 5.80. The number of amides is 1. The Kier molecular flexibility index (Phi) is 6.29. The third kappa shape index (κ3) is 5.12. The SMILES string of the molecule is CNS(=O)(=O)c1cccc(C(=O)OCC(=O)N[C@@H](C)c2cccs2)c1. The van der Waals surface area contributed by atoms with Crippen LogP contribution in [0, 0.1) is 0 Å². The van der Waals surface area contributed by atoms with Gasteiger partial charge in [-0.2, -0.15) is 0 Å². The van der Waals surface area contributed by atoms with Gasteiger partial charge in [0.15, 0.2) is 6.61 Å². The Hall–Kier alpha value is -2.23. The molecule has 1 aromatic heterocycles. The molecule has 7 nitrogen and oxygen atoms in total. The highest BCUT2D eigenvalue weighted by Gasteiger charge is 2.17. The van der Waals surface area contributed by atoms with E-state index in [-0.39, 0.29) is 16.5 Å². The van der Waals surface area contributed by atoms with Crippen molar-refractivity contribution in [3.63, 3.8) is 0 Å². The number of benzene rings is 1. The molecule has 1 aromatic carbocycles. The van der Waals surface area contributed by atoms with Crippen molar-refractivity contribution in [1.82, 2.24) is 10.0 Å². The molecule has 9 heteroatoms. The second kappa shape index (κ2) is 8.24. The highest BCUT2D eigenvalue weighted by atomic mass is 32.2. The number of rotatable bonds is 7. The van der Waals surface area contributed by atoms with Crippen LogP contribution in [0.5, 0.6) is 0 Å². The average Bonchev–Trinajstić information content (AvgIpc) is 3.14. The van der Waals surface area contributed by atoms with E-state index in [9.17, 15) is 18.0 Å². The van der Waals surface area contributed by atoms with Gasteiger partial charge in [-0.05, 0) is 43.6 Å². The molecule has 0 aliphatic carbocycles. The van der Waals surface area contributed by atoms with E-state index in [4.69, 9.17) is 4.74 Å². The van der Waals surface area contributed by atoms with E-state index in [0.29, 0.717) is 0 Å². The molecule has 2 rings (SSSR count). The summed E-state index contributed by atoms with van der Waals surface area (Å²) in [6.45, 7) is 1.38. The van der Waals surface area contributed by atoms with Crippen LogP contribution in [-0.2, 0) is 19.6 Å². The van der Waals surface area contributed by atoms with Gasteiger partial charge in [0.05, 0.1) is 16.5 Å². The number of sulfonamides is 1. The molecular weight excluding hydrogens is 364 g/mol. The summed E-state index contributed by atoms with van der Waals surface area (Å²) in [5, 5.41) is 4.63. The molecule has 2 N–H and O–H groups in total. The number of thiophene rings is 1. The zero-order chi connectivity index (χ0) is 18.4. The number of hydrogen-bond donors (Lipinski definition) is 2. The maximum atomic E-state index is 12.0. The summed E-state index contributed by atoms with van der Waals surface area (Å²) >= 11 is 1.51. The summed E-state index contributed by atoms with van der Waals surface area (Å²) in [6.07, 6.45) is 0. The fourth-order valence-corrected chi connectivity index (χ4v) is 3.52. The number of carbonyl (C=O) groups excluding carboxylic acids is 2. The summed E-state index contributed by atoms with van der Waals surface area (Å²) in [5.41, 5.74) is 0.0513. The largest absolute Gasteiger partial charge is 0.452 e. The van der Waals surface area contributed by atoms with E-state index in [1.165, 1.54) is 42.6 Å². The molecule has 1 amide bonds. The highest BCUT2D eigenvalue weighted by Crippen LogP contribution is 2.18. The van der Waals surface area contributed by atoms with Crippen molar-refractivity contribution in [2.24, 2.45) is 0 Å². The zero-order valence-corrected chi connectivity index (χ0v) is 15.3. The summed E-state index contributed by atoms with van der Waals surface area (Å²) < 4.78 is 30.6. The predicted octanol–water partition coefficient (Wildman–Crippen LogP) is 1.69. The van der Waals surface area contributed by atoms with Crippen molar-refractivity contribution < 1.29 is 22.7 Å². The van der Waals surface area contributed by atoms with Gasteiger partial charge in [0.25, 0.3) is 5.91 Å². The van der Waals surface area contributed by atoms with Gasteiger partial charge in [0.1, 0.15) is 0 Å². The molecule has 0 fully saturated rings. The Bertz CT molecular complexity index is 847. The molecule has 0 unspecified atom stereocenters. The van der Waals surface area contributed by atoms with Gasteiger partial charge in [-0.25, -0.2) is 17.9 Å². The molecule has 0 saturated heterocycles. The molecule has 0 spiro atoms. The molecule has 0 bridgehead atoms. The summed E-state index contributed by atoms with van der Waals surface area (Å²) in [4.78, 5) is 24.8. The quantitative estimate of drug-likeness (QED) is 0.710. The Labute approximate surface area is 150 Å². The van der Waals surface area contributed by atoms with E-state index >= 15 is 0 Å². The molecule has 0 aliphatic heterocycles. The van der Waals surface area contributed by atoms with Crippen LogP contribution in [0.15, 0.2) is 46.7 Å². The lowest BCUT2D eigenvalue weighted by Crippen LogP contribution is -2.30. The third-order valence-electron chi connectivity index (χ3n) is 3.33. The molecule has 25 heavy (non-hydrogen) atoms. The van der Waals surface area contributed by atoms with Gasteiger partial charge >= 0.3 is 5.97 Å². The molecule has 1 heterocycles. The van der Waals surface area contributed by atoms with Gasteiger partial charge in [0.2, 0.25) is 10.0 Å². The minimum absolute atomic E-state index is 0.0513. The van der Waals surface area contributed by atoms with E-state index in [1.54, 1.807) is 0 Å². The van der Waals surface area contributed by atoms with Crippen molar-refractivity contribution in [1.29, 1.82) is 0 Å². The molecule has 2 aromatic rings. The molecular formula is C16H18N2O5S2. The van der Waals surface area contributed by atoms with Crippen LogP contribution < -0.4 is 10.0 Å². The monoisotopic (exact) mass is 382 g/mol. The maximum Gasteiger partial charge on any atom is 0.338 e. The van der Waals surface area contributed by atoms with Crippen molar-refractivity contribution in [3.05, 3.63) is 52.2 Å². The van der Waals surface area contributed by atoms with Gasteiger partial charge in [-0.1, -0.05) is 12.1 Å². The Balaban J connectivity index is 1.94. The minimum Gasteiger partial charge on any atom is -0.452 e. The Morgan fingerprint density at radius 1 is 1.24 bits per heavy atom. The fraction of sp³-hybridized carbons (Fsp3) is 0.250. The van der Waals surface area contributed by atoms with Crippen LogP contribution in [0.25, 0.3) is 0 Å². The lowest BCUT2D eigenvalue weighted by Gasteiger charge is -2.12. The first-order valence-corrected chi connectivity index (χ1v) is 9.73. The standard InChI is InChI=1S/C16H18N2O5S2/c1-11(14-7-4-8-24-14)18-15(19)10-23-16(20)12-5-3-6-13(9-12)25(21,22)17-2/h3-9,11,17H,10H2,1-2H3,(H,18,19)/t11-/m0/s1. The van der Waals surface area contributed by atoms with Crippen molar-refractivity contribution in [3.8, 4) is 0 Å². The van der Waals surface area contributed by atoms with E-state index in [0.717, 1.165) is 4.88 Å². The van der Waals surface area contributed by atoms with Crippen LogP contribution in [0.1, 0.15) is 28.2 Å². The van der Waals surface area contributed by atoms with Crippen LogP contribution in [0.4, 0.5) is 0 Å². The molecule has 0 radical (unpaired) electrons. The fourth-order valence-electron chi connectivity index (χ4n) is 2.01. The summed E-state index contributed by atoms with van der Waals surface area (Å²) in [5.74, 6) is -1.21. The average molecular weight is 382 g/mol. The number of carbonyl (C=O) groups is 2. The lowest BCUT2D eigenvalue weighted by atomic mass is 10.2. The van der Waals surface area contributed by atoms with Crippen LogP contribution in [0.3, 0.4) is 0 Å². The lowest BCUT2D eigenvalue weighted by molar-refractivity contribution is -0.124. The normalized spacial score (nSPS) is 12.4. The highest BCUT2D eigenvalue weighted by molar-refractivity contribution is 7.89. The van der Waals surface area contributed by atoms with Gasteiger partial charge in [0, 0.05) is 4.88 Å². The smallest absolute Gasteiger partial charge is 0.338 e. The summed E-state index contributed by atoms with van der Waals surface area (Å²) in [6, 6.07) is 9.00. The van der Waals surface area contributed by atoms with Crippen LogP contribution >= 0.6 is 11.3 Å². The maximum absolute atomic E-state index is 12.0. The second-order valence-corrected chi connectivity index (χ2v) is 7.98. The zero-order valence-electron chi connectivity index (χ0n) is 13.7. The van der Waals surface area contributed by atoms with E-state index in [2.05, 4.69) is 10.0 Å². The van der Waals surface area contributed by atoms with Crippen LogP contribution in [0.2, 0.25) is 0 Å². The first-order chi connectivity index (χ1) is 11.8. The minimum atomic E-state index is -3.66. The second-order valence-electron chi connectivity index (χ2n) is 5.12. The van der Waals surface area contributed by atoms with E-state index < -0.39 is 28.5 Å². The molecule has 1 atom stereocenters. The van der Waals surface area contributed by atoms with Crippen molar-refractivity contribution in [2.45, 2.75) is 17.9 Å². The Morgan fingerprint density at radius 3 is 2.64 bits per heavy atom. The first kappa shape index (κ1) is 19.1. The molecule has 0 aliphatic rings. The topological polar surface area (TPSA) is 102 Å². The summed E-state index contributed by atoms with van der Waals surface area (Å²) in [7, 11) is -2.39. The number of ether oxygens (including phenoxy) is 1. The van der Waals surface area contributed by atoms with E-state index in [1.807, 2.05) is 24.4 Å². The van der Waals surface area contributed by atoms with Crippen molar-refractivity contribution >= 4 is 33.2 Å². The number of nitrogens with one attached hydrogen (secondary N) is 2. The van der Waals surface area contributed by atoms with Gasteiger partial charge in [-0.3, -0.25) is 4.79 Å². The molecule has 0 saturated carbocycles. The van der Waals surface area contributed by atoms with Gasteiger partial charge in [-0.15, -0.1) is 11.3 Å².